The van der Waals surface area contributed by atoms with Gasteiger partial charge in [0.2, 0.25) is 0 Å². The molecular weight excluding hydrogens is 176 g/mol. The predicted octanol–water partition coefficient (Wildman–Crippen LogP) is 0.585. The first-order chi connectivity index (χ1) is 6.92. The van der Waals surface area contributed by atoms with E-state index in [1.165, 1.54) is 38.6 Å². The molecule has 2 N–H and O–H groups in total. The maximum atomic E-state index is 9.05. The third kappa shape index (κ3) is 2.69. The topological polar surface area (TPSA) is 35.5 Å². The van der Waals surface area contributed by atoms with Crippen LogP contribution in [0.1, 0.15) is 32.1 Å². The Hall–Kier alpha value is -0.120. The van der Waals surface area contributed by atoms with E-state index in [1.54, 1.807) is 0 Å². The lowest BCUT2D eigenvalue weighted by Gasteiger charge is -2.30. The highest BCUT2D eigenvalue weighted by atomic mass is 16.3. The van der Waals surface area contributed by atoms with Crippen LogP contribution in [0.15, 0.2) is 0 Å². The summed E-state index contributed by atoms with van der Waals surface area (Å²) in [7, 11) is 0. The van der Waals surface area contributed by atoms with Crippen molar-refractivity contribution in [2.45, 2.75) is 44.2 Å². The first kappa shape index (κ1) is 10.4. The predicted molar refractivity (Wildman–Crippen MR) is 57.3 cm³/mol. The molecule has 0 aromatic carbocycles. The third-order valence-corrected chi connectivity index (χ3v) is 3.36. The van der Waals surface area contributed by atoms with Crippen molar-refractivity contribution in [3.05, 3.63) is 0 Å². The summed E-state index contributed by atoms with van der Waals surface area (Å²) in [4.78, 5) is 2.53. The van der Waals surface area contributed by atoms with Crippen LogP contribution in [0.4, 0.5) is 0 Å². The molecule has 0 radical (unpaired) electrons. The van der Waals surface area contributed by atoms with E-state index in [4.69, 9.17) is 5.11 Å². The minimum Gasteiger partial charge on any atom is -0.395 e. The molecule has 1 unspecified atom stereocenters. The van der Waals surface area contributed by atoms with Crippen LogP contribution in [0.5, 0.6) is 0 Å². The molecule has 0 amide bonds. The van der Waals surface area contributed by atoms with Gasteiger partial charge in [0.25, 0.3) is 0 Å². The largest absolute Gasteiger partial charge is 0.395 e. The molecule has 82 valence electrons. The molecule has 0 spiro atoms. The van der Waals surface area contributed by atoms with Crippen molar-refractivity contribution in [3.63, 3.8) is 0 Å². The third-order valence-electron chi connectivity index (χ3n) is 3.36. The Morgan fingerprint density at radius 2 is 2.00 bits per heavy atom. The highest BCUT2D eigenvalue weighted by molar-refractivity contribution is 4.90. The summed E-state index contributed by atoms with van der Waals surface area (Å²) < 4.78 is 0. The normalized spacial score (nSPS) is 29.1. The molecular formula is C11H22N2O. The molecule has 1 aliphatic heterocycles. The molecule has 1 heterocycles. The van der Waals surface area contributed by atoms with Gasteiger partial charge in [0.1, 0.15) is 0 Å². The molecule has 3 nitrogen and oxygen atoms in total. The van der Waals surface area contributed by atoms with Gasteiger partial charge in [0, 0.05) is 25.2 Å². The van der Waals surface area contributed by atoms with Crippen LogP contribution >= 0.6 is 0 Å². The second-order valence-electron chi connectivity index (χ2n) is 4.55. The van der Waals surface area contributed by atoms with Gasteiger partial charge in [0.05, 0.1) is 6.61 Å². The Balaban J connectivity index is 1.86. The van der Waals surface area contributed by atoms with Crippen molar-refractivity contribution in [2.24, 2.45) is 0 Å². The summed E-state index contributed by atoms with van der Waals surface area (Å²) in [6, 6.07) is 1.46. The fourth-order valence-electron chi connectivity index (χ4n) is 2.47. The number of nitrogens with zero attached hydrogens (tertiary/aromatic N) is 1. The number of aliphatic hydroxyl groups excluding tert-OH is 1. The van der Waals surface area contributed by atoms with Gasteiger partial charge < -0.3 is 10.4 Å². The molecule has 2 aliphatic rings. The average molecular weight is 198 g/mol. The number of hydrogen-bond acceptors (Lipinski definition) is 3. The molecule has 0 aromatic rings. The maximum Gasteiger partial charge on any atom is 0.0558 e. The van der Waals surface area contributed by atoms with E-state index in [1.807, 2.05) is 0 Å². The molecule has 1 saturated heterocycles. The minimum absolute atomic E-state index is 0.313. The van der Waals surface area contributed by atoms with Gasteiger partial charge in [-0.25, -0.2) is 0 Å². The Bertz CT molecular complexity index is 163. The molecule has 2 fully saturated rings. The van der Waals surface area contributed by atoms with Gasteiger partial charge in [-0.05, 0) is 32.2 Å². The van der Waals surface area contributed by atoms with Crippen LogP contribution in [0.3, 0.4) is 0 Å². The van der Waals surface area contributed by atoms with Crippen LogP contribution in [0.25, 0.3) is 0 Å². The highest BCUT2D eigenvalue weighted by Crippen LogP contribution is 2.29. The standard InChI is InChI=1S/C11H22N2O/c14-8-7-13(10-4-5-10)11-3-1-2-6-12-9-11/h10-12,14H,1-9H2. The molecule has 0 aromatic heterocycles. The second kappa shape index (κ2) is 5.10. The van der Waals surface area contributed by atoms with Gasteiger partial charge in [-0.2, -0.15) is 0 Å². The fraction of sp³-hybridized carbons (Fsp3) is 1.00. The van der Waals surface area contributed by atoms with Crippen molar-refractivity contribution >= 4 is 0 Å². The zero-order valence-corrected chi connectivity index (χ0v) is 8.91. The number of aliphatic hydroxyl groups is 1. The Morgan fingerprint density at radius 1 is 1.14 bits per heavy atom. The van der Waals surface area contributed by atoms with Crippen LogP contribution in [-0.2, 0) is 0 Å². The van der Waals surface area contributed by atoms with E-state index in [2.05, 4.69) is 10.2 Å². The quantitative estimate of drug-likeness (QED) is 0.694. The minimum atomic E-state index is 0.313. The van der Waals surface area contributed by atoms with E-state index >= 15 is 0 Å². The van der Waals surface area contributed by atoms with E-state index in [0.717, 1.165) is 19.1 Å². The van der Waals surface area contributed by atoms with Crippen molar-refractivity contribution in [1.82, 2.24) is 10.2 Å². The van der Waals surface area contributed by atoms with Gasteiger partial charge in [-0.1, -0.05) is 6.42 Å². The number of hydrogen-bond donors (Lipinski definition) is 2. The van der Waals surface area contributed by atoms with Crippen molar-refractivity contribution in [3.8, 4) is 0 Å². The summed E-state index contributed by atoms with van der Waals surface area (Å²) in [6.07, 6.45) is 6.65. The molecule has 2 rings (SSSR count). The van der Waals surface area contributed by atoms with E-state index < -0.39 is 0 Å². The Kier molecular flexibility index (Phi) is 3.79. The van der Waals surface area contributed by atoms with E-state index in [-0.39, 0.29) is 0 Å². The molecule has 14 heavy (non-hydrogen) atoms. The number of nitrogens with one attached hydrogen (secondary N) is 1. The lowest BCUT2D eigenvalue weighted by molar-refractivity contribution is 0.137. The molecule has 1 aliphatic carbocycles. The van der Waals surface area contributed by atoms with Crippen LogP contribution < -0.4 is 5.32 Å². The zero-order valence-electron chi connectivity index (χ0n) is 8.91. The monoisotopic (exact) mass is 198 g/mol. The van der Waals surface area contributed by atoms with Crippen LogP contribution in [0, 0.1) is 0 Å². The lowest BCUT2D eigenvalue weighted by Crippen LogP contribution is -2.44. The second-order valence-corrected chi connectivity index (χ2v) is 4.55. The molecule has 1 atom stereocenters. The van der Waals surface area contributed by atoms with Gasteiger partial charge in [-0.3, -0.25) is 4.90 Å². The van der Waals surface area contributed by atoms with Crippen molar-refractivity contribution in [1.29, 1.82) is 0 Å². The summed E-state index contributed by atoms with van der Waals surface area (Å²) in [6.45, 7) is 3.48. The fourth-order valence-corrected chi connectivity index (χ4v) is 2.47. The van der Waals surface area contributed by atoms with E-state index in [0.29, 0.717) is 12.6 Å². The maximum absolute atomic E-state index is 9.05. The number of rotatable bonds is 4. The SMILES string of the molecule is OCCN(C1CC1)C1CCCCNC1. The summed E-state index contributed by atoms with van der Waals surface area (Å²) in [5.41, 5.74) is 0. The van der Waals surface area contributed by atoms with Crippen LogP contribution in [0.2, 0.25) is 0 Å². The summed E-state index contributed by atoms with van der Waals surface area (Å²) in [5, 5.41) is 12.5. The highest BCUT2D eigenvalue weighted by Gasteiger charge is 2.33. The Labute approximate surface area is 86.5 Å². The van der Waals surface area contributed by atoms with Crippen molar-refractivity contribution in [2.75, 3.05) is 26.2 Å². The molecule has 1 saturated carbocycles. The van der Waals surface area contributed by atoms with E-state index in [9.17, 15) is 0 Å². The first-order valence-electron chi connectivity index (χ1n) is 5.99. The lowest BCUT2D eigenvalue weighted by atomic mass is 10.1. The first-order valence-corrected chi connectivity index (χ1v) is 5.99. The van der Waals surface area contributed by atoms with Crippen LogP contribution in [-0.4, -0.2) is 48.3 Å². The smallest absolute Gasteiger partial charge is 0.0558 e. The van der Waals surface area contributed by atoms with Crippen molar-refractivity contribution < 1.29 is 5.11 Å². The Morgan fingerprint density at radius 3 is 2.71 bits per heavy atom. The molecule has 3 heteroatoms. The average Bonchev–Trinajstić information content (AvgIpc) is 3.02. The zero-order chi connectivity index (χ0) is 9.80. The summed E-state index contributed by atoms with van der Waals surface area (Å²) >= 11 is 0. The molecule has 0 bridgehead atoms. The van der Waals surface area contributed by atoms with Gasteiger partial charge in [-0.15, -0.1) is 0 Å². The van der Waals surface area contributed by atoms with Gasteiger partial charge in [0.15, 0.2) is 0 Å². The summed E-state index contributed by atoms with van der Waals surface area (Å²) in [5.74, 6) is 0. The van der Waals surface area contributed by atoms with Gasteiger partial charge >= 0.3 is 0 Å².